The number of aliphatic hydroxyl groups is 1. The van der Waals surface area contributed by atoms with Crippen molar-refractivity contribution >= 4 is 17.4 Å². The summed E-state index contributed by atoms with van der Waals surface area (Å²) in [4.78, 5) is 31.7. The van der Waals surface area contributed by atoms with E-state index in [1.165, 1.54) is 19.1 Å². The summed E-state index contributed by atoms with van der Waals surface area (Å²) in [5.41, 5.74) is 0.586. The maximum absolute atomic E-state index is 13.1. The monoisotopic (exact) mass is 426 g/mol. The predicted molar refractivity (Wildman–Crippen MR) is 114 cm³/mol. The van der Waals surface area contributed by atoms with E-state index in [0.29, 0.717) is 17.2 Å². The van der Waals surface area contributed by atoms with Crippen LogP contribution in [-0.2, 0) is 14.3 Å². The lowest BCUT2D eigenvalue weighted by molar-refractivity contribution is -0.140. The molecular weight excluding hydrogens is 400 g/mol. The minimum Gasteiger partial charge on any atom is -0.506 e. The molecule has 0 aliphatic carbocycles. The van der Waals surface area contributed by atoms with Gasteiger partial charge in [0.25, 0.3) is 11.7 Å². The topological polar surface area (TPSA) is 98.2 Å². The molecule has 1 aliphatic heterocycles. The van der Waals surface area contributed by atoms with E-state index in [0.717, 1.165) is 0 Å². The van der Waals surface area contributed by atoms with Crippen molar-refractivity contribution in [3.63, 3.8) is 0 Å². The molecule has 1 unspecified atom stereocenters. The Morgan fingerprint density at radius 1 is 1.10 bits per heavy atom. The van der Waals surface area contributed by atoms with E-state index in [4.69, 9.17) is 14.2 Å². The van der Waals surface area contributed by atoms with Crippen molar-refractivity contribution in [1.29, 1.82) is 0 Å². The average Bonchev–Trinajstić information content (AvgIpc) is 3.03. The molecule has 1 fully saturated rings. The molecule has 1 aromatic carbocycles. The summed E-state index contributed by atoms with van der Waals surface area (Å²) in [6, 6.07) is 9.32. The number of ketones is 1. The summed E-state index contributed by atoms with van der Waals surface area (Å²) in [6.07, 6.45) is 1.55. The van der Waals surface area contributed by atoms with Gasteiger partial charge in [0.1, 0.15) is 28.9 Å². The van der Waals surface area contributed by atoms with Gasteiger partial charge in [0, 0.05) is 12.7 Å². The van der Waals surface area contributed by atoms with Crippen LogP contribution in [0.5, 0.6) is 11.5 Å². The number of amides is 1. The molecule has 3 rings (SSSR count). The fourth-order valence-corrected chi connectivity index (χ4v) is 3.56. The molecule has 1 aromatic heterocycles. The lowest BCUT2D eigenvalue weighted by atomic mass is 9.97. The second kappa shape index (κ2) is 9.61. The second-order valence-electron chi connectivity index (χ2n) is 7.20. The van der Waals surface area contributed by atoms with Crippen LogP contribution in [-0.4, -0.2) is 60.2 Å². The first-order valence-corrected chi connectivity index (χ1v) is 9.93. The highest BCUT2D eigenvalue weighted by atomic mass is 16.5. The Kier molecular flexibility index (Phi) is 6.91. The van der Waals surface area contributed by atoms with Crippen LogP contribution in [0.15, 0.2) is 48.2 Å². The number of aliphatic hydroxyl groups excluding tert-OH is 1. The van der Waals surface area contributed by atoms with Crippen molar-refractivity contribution in [1.82, 2.24) is 9.88 Å². The largest absolute Gasteiger partial charge is 0.506 e. The Morgan fingerprint density at radius 3 is 2.32 bits per heavy atom. The molecule has 0 radical (unpaired) electrons. The fourth-order valence-electron chi connectivity index (χ4n) is 3.56. The summed E-state index contributed by atoms with van der Waals surface area (Å²) in [6.45, 7) is 4.19. The molecule has 1 amide bonds. The van der Waals surface area contributed by atoms with Crippen molar-refractivity contribution in [2.24, 2.45) is 0 Å². The minimum absolute atomic E-state index is 0.0250. The number of carbonyl (C=O) groups is 2. The molecule has 8 heteroatoms. The van der Waals surface area contributed by atoms with Crippen LogP contribution in [0.3, 0.4) is 0 Å². The maximum atomic E-state index is 13.1. The Balaban J connectivity index is 2.17. The molecule has 0 spiro atoms. The Morgan fingerprint density at radius 2 is 1.77 bits per heavy atom. The average molecular weight is 426 g/mol. The summed E-state index contributed by atoms with van der Waals surface area (Å²) < 4.78 is 16.3. The summed E-state index contributed by atoms with van der Waals surface area (Å²) >= 11 is 0. The number of likely N-dealkylation sites (tertiary alicyclic amines) is 1. The van der Waals surface area contributed by atoms with Crippen LogP contribution in [0.4, 0.5) is 0 Å². The van der Waals surface area contributed by atoms with Crippen molar-refractivity contribution in [3.05, 3.63) is 59.4 Å². The lowest BCUT2D eigenvalue weighted by Gasteiger charge is -2.25. The van der Waals surface area contributed by atoms with Gasteiger partial charge in [0.2, 0.25) is 0 Å². The smallest absolute Gasteiger partial charge is 0.295 e. The third kappa shape index (κ3) is 4.39. The molecule has 164 valence electrons. The number of Topliss-reactive ketones (excluding diaryl/α,β-unsaturated/α-hetero) is 1. The van der Waals surface area contributed by atoms with Gasteiger partial charge in [-0.1, -0.05) is 12.1 Å². The quantitative estimate of drug-likeness (QED) is 0.394. The molecule has 0 saturated carbocycles. The zero-order valence-corrected chi connectivity index (χ0v) is 18.0. The summed E-state index contributed by atoms with van der Waals surface area (Å²) in [5, 5.41) is 11.3. The molecular formula is C23H26N2O6. The van der Waals surface area contributed by atoms with Crippen LogP contribution in [0.25, 0.3) is 5.76 Å². The molecule has 0 bridgehead atoms. The molecule has 2 aromatic rings. The first-order valence-electron chi connectivity index (χ1n) is 9.93. The van der Waals surface area contributed by atoms with Crippen molar-refractivity contribution < 1.29 is 28.9 Å². The zero-order chi connectivity index (χ0) is 22.5. The van der Waals surface area contributed by atoms with Gasteiger partial charge in [-0.05, 0) is 38.1 Å². The molecule has 1 aliphatic rings. The number of rotatable bonds is 8. The van der Waals surface area contributed by atoms with Gasteiger partial charge in [0.15, 0.2) is 0 Å². The summed E-state index contributed by atoms with van der Waals surface area (Å²) in [7, 11) is 2.90. The van der Waals surface area contributed by atoms with Crippen molar-refractivity contribution in [2.45, 2.75) is 26.0 Å². The van der Waals surface area contributed by atoms with Gasteiger partial charge in [-0.15, -0.1) is 0 Å². The Bertz CT molecular complexity index is 965. The standard InChI is InChI=1S/C23H26N2O6/c1-14(2)31-13-12-25-20(15-8-5-6-11-24-15)19(22(27)23(25)28)21(26)18-16(29-3)9-7-10-17(18)30-4/h5-11,14,20,26H,12-13H2,1-4H3/b21-19+. The predicted octanol–water partition coefficient (Wildman–Crippen LogP) is 2.95. The maximum Gasteiger partial charge on any atom is 0.295 e. The van der Waals surface area contributed by atoms with Gasteiger partial charge >= 0.3 is 0 Å². The van der Waals surface area contributed by atoms with E-state index < -0.39 is 17.7 Å². The first-order chi connectivity index (χ1) is 14.9. The number of carbonyl (C=O) groups excluding carboxylic acids is 2. The van der Waals surface area contributed by atoms with E-state index in [9.17, 15) is 14.7 Å². The number of hydrogen-bond acceptors (Lipinski definition) is 7. The number of ether oxygens (including phenoxy) is 3. The Hall–Kier alpha value is -3.39. The van der Waals surface area contributed by atoms with E-state index >= 15 is 0 Å². The first kappa shape index (κ1) is 22.3. The van der Waals surface area contributed by atoms with Crippen LogP contribution >= 0.6 is 0 Å². The van der Waals surface area contributed by atoms with Crippen LogP contribution < -0.4 is 9.47 Å². The second-order valence-corrected chi connectivity index (χ2v) is 7.20. The zero-order valence-electron chi connectivity index (χ0n) is 18.0. The van der Waals surface area contributed by atoms with Crippen LogP contribution in [0.1, 0.15) is 31.1 Å². The number of hydrogen-bond donors (Lipinski definition) is 1. The highest BCUT2D eigenvalue weighted by Crippen LogP contribution is 2.42. The van der Waals surface area contributed by atoms with Gasteiger partial charge in [-0.2, -0.15) is 0 Å². The van der Waals surface area contributed by atoms with Gasteiger partial charge in [-0.3, -0.25) is 14.6 Å². The normalized spacial score (nSPS) is 18.0. The molecule has 31 heavy (non-hydrogen) atoms. The third-order valence-electron chi connectivity index (χ3n) is 4.96. The van der Waals surface area contributed by atoms with Gasteiger partial charge in [0.05, 0.1) is 38.2 Å². The highest BCUT2D eigenvalue weighted by molar-refractivity contribution is 6.46. The van der Waals surface area contributed by atoms with Gasteiger partial charge in [-0.25, -0.2) is 0 Å². The van der Waals surface area contributed by atoms with E-state index in [1.54, 1.807) is 42.6 Å². The summed E-state index contributed by atoms with van der Waals surface area (Å²) in [5.74, 6) is -1.28. The van der Waals surface area contributed by atoms with Gasteiger partial charge < -0.3 is 24.2 Å². The SMILES string of the molecule is COc1cccc(OC)c1/C(O)=C1\C(=O)C(=O)N(CCOC(C)C)C1c1ccccn1. The molecule has 1 saturated heterocycles. The van der Waals surface area contributed by atoms with Crippen molar-refractivity contribution in [3.8, 4) is 11.5 Å². The molecule has 1 N–H and O–H groups in total. The number of benzene rings is 1. The minimum atomic E-state index is -0.869. The van der Waals surface area contributed by atoms with Crippen LogP contribution in [0.2, 0.25) is 0 Å². The molecule has 2 heterocycles. The van der Waals surface area contributed by atoms with E-state index in [-0.39, 0.29) is 36.2 Å². The number of aromatic nitrogens is 1. The fraction of sp³-hybridized carbons (Fsp3) is 0.348. The highest BCUT2D eigenvalue weighted by Gasteiger charge is 2.47. The lowest BCUT2D eigenvalue weighted by Crippen LogP contribution is -2.33. The van der Waals surface area contributed by atoms with Crippen molar-refractivity contribution in [2.75, 3.05) is 27.4 Å². The number of pyridine rings is 1. The number of nitrogens with zero attached hydrogens (tertiary/aromatic N) is 2. The molecule has 8 nitrogen and oxygen atoms in total. The Labute approximate surface area is 181 Å². The van der Waals surface area contributed by atoms with E-state index in [2.05, 4.69) is 4.98 Å². The van der Waals surface area contributed by atoms with E-state index in [1.807, 2.05) is 13.8 Å². The molecule has 1 atom stereocenters. The van der Waals surface area contributed by atoms with Crippen LogP contribution in [0, 0.1) is 0 Å². The number of methoxy groups -OCH3 is 2. The third-order valence-corrected chi connectivity index (χ3v) is 4.96.